The minimum atomic E-state index is -0.450. The molecule has 1 fully saturated rings. The van der Waals surface area contributed by atoms with Crippen molar-refractivity contribution in [2.45, 2.75) is 26.4 Å². The van der Waals surface area contributed by atoms with Crippen molar-refractivity contribution in [1.29, 1.82) is 0 Å². The van der Waals surface area contributed by atoms with Crippen molar-refractivity contribution < 1.29 is 9.66 Å². The van der Waals surface area contributed by atoms with E-state index in [-0.39, 0.29) is 11.8 Å². The molecule has 1 saturated heterocycles. The first-order valence-electron chi connectivity index (χ1n) is 6.06. The predicted molar refractivity (Wildman–Crippen MR) is 66.7 cm³/mol. The molecule has 0 radical (unpaired) electrons. The van der Waals surface area contributed by atoms with Gasteiger partial charge in [0.2, 0.25) is 5.88 Å². The molecule has 2 rings (SSSR count). The number of nitro groups is 1. The number of nitrogens with one attached hydrogen (secondary N) is 1. The van der Waals surface area contributed by atoms with Crippen LogP contribution in [0.3, 0.4) is 0 Å². The average molecular weight is 251 g/mol. The lowest BCUT2D eigenvalue weighted by Gasteiger charge is -2.29. The maximum absolute atomic E-state index is 10.6. The first-order chi connectivity index (χ1) is 8.58. The SMILES string of the molecule is Cc1cc([N+](=O)[O-])cnc1OC1CNCCC1C. The zero-order valence-electron chi connectivity index (χ0n) is 10.5. The van der Waals surface area contributed by atoms with E-state index in [9.17, 15) is 10.1 Å². The lowest BCUT2D eigenvalue weighted by atomic mass is 9.97. The van der Waals surface area contributed by atoms with E-state index in [2.05, 4.69) is 17.2 Å². The highest BCUT2D eigenvalue weighted by atomic mass is 16.6. The van der Waals surface area contributed by atoms with E-state index in [1.807, 2.05) is 0 Å². The number of rotatable bonds is 3. The smallest absolute Gasteiger partial charge is 0.288 e. The summed E-state index contributed by atoms with van der Waals surface area (Å²) in [4.78, 5) is 14.2. The summed E-state index contributed by atoms with van der Waals surface area (Å²) >= 11 is 0. The lowest BCUT2D eigenvalue weighted by molar-refractivity contribution is -0.385. The molecule has 98 valence electrons. The van der Waals surface area contributed by atoms with Gasteiger partial charge in [-0.25, -0.2) is 4.98 Å². The highest BCUT2D eigenvalue weighted by Crippen LogP contribution is 2.23. The van der Waals surface area contributed by atoms with E-state index >= 15 is 0 Å². The number of aryl methyl sites for hydroxylation is 1. The maximum Gasteiger partial charge on any atom is 0.288 e. The van der Waals surface area contributed by atoms with Gasteiger partial charge in [-0.1, -0.05) is 6.92 Å². The van der Waals surface area contributed by atoms with Gasteiger partial charge in [0, 0.05) is 18.2 Å². The molecular formula is C12H17N3O3. The molecule has 18 heavy (non-hydrogen) atoms. The van der Waals surface area contributed by atoms with Gasteiger partial charge in [-0.3, -0.25) is 10.1 Å². The van der Waals surface area contributed by atoms with Gasteiger partial charge in [0.25, 0.3) is 5.69 Å². The Morgan fingerprint density at radius 3 is 3.00 bits per heavy atom. The van der Waals surface area contributed by atoms with Gasteiger partial charge in [0.05, 0.1) is 4.92 Å². The summed E-state index contributed by atoms with van der Waals surface area (Å²) < 4.78 is 5.84. The van der Waals surface area contributed by atoms with Crippen molar-refractivity contribution in [3.8, 4) is 5.88 Å². The molecular weight excluding hydrogens is 234 g/mol. The molecule has 2 unspecified atom stereocenters. The monoisotopic (exact) mass is 251 g/mol. The van der Waals surface area contributed by atoms with Crippen LogP contribution in [0.25, 0.3) is 0 Å². The maximum atomic E-state index is 10.6. The third-order valence-electron chi connectivity index (χ3n) is 3.25. The Kier molecular flexibility index (Phi) is 3.76. The third-order valence-corrected chi connectivity index (χ3v) is 3.25. The van der Waals surface area contributed by atoms with Crippen LogP contribution in [0, 0.1) is 23.0 Å². The van der Waals surface area contributed by atoms with Crippen molar-refractivity contribution in [3.63, 3.8) is 0 Å². The fourth-order valence-corrected chi connectivity index (χ4v) is 2.03. The van der Waals surface area contributed by atoms with E-state index < -0.39 is 4.92 Å². The molecule has 0 saturated carbocycles. The summed E-state index contributed by atoms with van der Waals surface area (Å²) in [6, 6.07) is 1.49. The molecule has 1 aromatic rings. The van der Waals surface area contributed by atoms with Crippen molar-refractivity contribution in [1.82, 2.24) is 10.3 Å². The summed E-state index contributed by atoms with van der Waals surface area (Å²) in [5.74, 6) is 0.948. The van der Waals surface area contributed by atoms with Crippen molar-refractivity contribution in [2.24, 2.45) is 5.92 Å². The molecule has 1 N–H and O–H groups in total. The molecule has 1 aliphatic rings. The summed E-state index contributed by atoms with van der Waals surface area (Å²) in [7, 11) is 0. The quantitative estimate of drug-likeness (QED) is 0.653. The number of hydrogen-bond donors (Lipinski definition) is 1. The van der Waals surface area contributed by atoms with E-state index in [0.29, 0.717) is 17.4 Å². The van der Waals surface area contributed by atoms with Gasteiger partial charge in [-0.2, -0.15) is 0 Å². The van der Waals surface area contributed by atoms with Gasteiger partial charge in [0.1, 0.15) is 12.3 Å². The highest BCUT2D eigenvalue weighted by Gasteiger charge is 2.24. The summed E-state index contributed by atoms with van der Waals surface area (Å²) in [6.07, 6.45) is 2.38. The third kappa shape index (κ3) is 2.76. The van der Waals surface area contributed by atoms with Crippen LogP contribution < -0.4 is 10.1 Å². The number of hydrogen-bond acceptors (Lipinski definition) is 5. The second-order valence-electron chi connectivity index (χ2n) is 4.70. The second kappa shape index (κ2) is 5.30. The largest absolute Gasteiger partial charge is 0.473 e. The van der Waals surface area contributed by atoms with Crippen LogP contribution in [-0.4, -0.2) is 29.1 Å². The molecule has 2 atom stereocenters. The van der Waals surface area contributed by atoms with Crippen LogP contribution in [0.1, 0.15) is 18.9 Å². The van der Waals surface area contributed by atoms with Crippen LogP contribution in [0.15, 0.2) is 12.3 Å². The van der Waals surface area contributed by atoms with Crippen LogP contribution in [0.5, 0.6) is 5.88 Å². The van der Waals surface area contributed by atoms with E-state index in [4.69, 9.17) is 4.74 Å². The van der Waals surface area contributed by atoms with Crippen LogP contribution in [-0.2, 0) is 0 Å². The number of pyridine rings is 1. The van der Waals surface area contributed by atoms with Gasteiger partial charge in [-0.05, 0) is 25.8 Å². The first kappa shape index (κ1) is 12.8. The lowest BCUT2D eigenvalue weighted by Crippen LogP contribution is -2.43. The molecule has 6 heteroatoms. The Morgan fingerprint density at radius 2 is 2.39 bits per heavy atom. The Labute approximate surface area is 106 Å². The molecule has 0 bridgehead atoms. The molecule has 1 aliphatic heterocycles. The summed E-state index contributed by atoms with van der Waals surface area (Å²) in [6.45, 7) is 5.72. The fraction of sp³-hybridized carbons (Fsp3) is 0.583. The van der Waals surface area contributed by atoms with Crippen molar-refractivity contribution in [3.05, 3.63) is 27.9 Å². The molecule has 1 aromatic heterocycles. The topological polar surface area (TPSA) is 77.3 Å². The Bertz CT molecular complexity index is 450. The molecule has 0 amide bonds. The Hall–Kier alpha value is -1.69. The van der Waals surface area contributed by atoms with E-state index in [1.165, 1.54) is 12.3 Å². The standard InChI is InChI=1S/C12H17N3O3/c1-8-3-4-13-7-11(8)18-12-9(2)5-10(6-14-12)15(16)17/h5-6,8,11,13H,3-4,7H2,1-2H3. The highest BCUT2D eigenvalue weighted by molar-refractivity contribution is 5.36. The average Bonchev–Trinajstić information content (AvgIpc) is 2.34. The number of piperidine rings is 1. The zero-order chi connectivity index (χ0) is 13.1. The van der Waals surface area contributed by atoms with E-state index in [0.717, 1.165) is 19.5 Å². The molecule has 0 spiro atoms. The van der Waals surface area contributed by atoms with Gasteiger partial charge in [0.15, 0.2) is 0 Å². The van der Waals surface area contributed by atoms with Crippen molar-refractivity contribution >= 4 is 5.69 Å². The fourth-order valence-electron chi connectivity index (χ4n) is 2.03. The summed E-state index contributed by atoms with van der Waals surface area (Å²) in [5.41, 5.74) is 0.691. The predicted octanol–water partition coefficient (Wildman–Crippen LogP) is 1.68. The second-order valence-corrected chi connectivity index (χ2v) is 4.70. The van der Waals surface area contributed by atoms with Crippen LogP contribution in [0.4, 0.5) is 5.69 Å². The zero-order valence-corrected chi connectivity index (χ0v) is 10.5. The Morgan fingerprint density at radius 1 is 1.61 bits per heavy atom. The number of ether oxygens (including phenoxy) is 1. The van der Waals surface area contributed by atoms with Gasteiger partial charge >= 0.3 is 0 Å². The molecule has 0 aromatic carbocycles. The first-order valence-corrected chi connectivity index (χ1v) is 6.06. The molecule has 0 aliphatic carbocycles. The minimum Gasteiger partial charge on any atom is -0.473 e. The number of aromatic nitrogens is 1. The molecule has 2 heterocycles. The normalized spacial score (nSPS) is 23.7. The van der Waals surface area contributed by atoms with E-state index in [1.54, 1.807) is 6.92 Å². The Balaban J connectivity index is 2.11. The van der Waals surface area contributed by atoms with Gasteiger partial charge in [-0.15, -0.1) is 0 Å². The van der Waals surface area contributed by atoms with Crippen molar-refractivity contribution in [2.75, 3.05) is 13.1 Å². The van der Waals surface area contributed by atoms with Gasteiger partial charge < -0.3 is 10.1 Å². The molecule has 6 nitrogen and oxygen atoms in total. The van der Waals surface area contributed by atoms with Crippen LogP contribution in [0.2, 0.25) is 0 Å². The van der Waals surface area contributed by atoms with Crippen LogP contribution >= 0.6 is 0 Å². The minimum absolute atomic E-state index is 0.00494. The number of nitrogens with zero attached hydrogens (tertiary/aromatic N) is 2. The summed E-state index contributed by atoms with van der Waals surface area (Å²) in [5, 5.41) is 13.9.